The van der Waals surface area contributed by atoms with Crippen LogP contribution in [0.25, 0.3) is 17.3 Å². The summed E-state index contributed by atoms with van der Waals surface area (Å²) in [6.45, 7) is 7.92. The maximum atomic E-state index is 13.4. The monoisotopic (exact) mass is 500 g/mol. The first-order valence-electron chi connectivity index (χ1n) is 12.7. The summed E-state index contributed by atoms with van der Waals surface area (Å²) >= 11 is 0. The number of hydrogen-bond acceptors (Lipinski definition) is 7. The number of benzene rings is 1. The summed E-state index contributed by atoms with van der Waals surface area (Å²) in [5.74, 6) is 1.17. The van der Waals surface area contributed by atoms with Crippen LogP contribution in [0.5, 0.6) is 5.88 Å². The Hall–Kier alpha value is -4.14. The minimum Gasteiger partial charge on any atom is -0.501 e. The number of nitrogens with one attached hydrogen (secondary N) is 1. The van der Waals surface area contributed by atoms with Crippen molar-refractivity contribution in [2.75, 3.05) is 30.0 Å². The number of carbonyl (C=O) groups is 1. The minimum absolute atomic E-state index is 0.334. The van der Waals surface area contributed by atoms with Crippen molar-refractivity contribution < 1.29 is 14.3 Å². The number of aryl methyl sites for hydroxylation is 2. The Bertz CT molecular complexity index is 1380. The maximum Gasteiger partial charge on any atom is 0.280 e. The van der Waals surface area contributed by atoms with Crippen LogP contribution in [0.4, 0.5) is 11.4 Å². The molecule has 4 heterocycles. The zero-order valence-corrected chi connectivity index (χ0v) is 21.7. The number of pyridine rings is 1. The highest BCUT2D eigenvalue weighted by Gasteiger charge is 2.28. The predicted octanol–water partition coefficient (Wildman–Crippen LogP) is 5.03. The lowest BCUT2D eigenvalue weighted by molar-refractivity contribution is 0.100. The summed E-state index contributed by atoms with van der Waals surface area (Å²) in [4.78, 5) is 24.7. The van der Waals surface area contributed by atoms with E-state index in [1.165, 1.54) is 0 Å². The highest BCUT2D eigenvalue weighted by Crippen LogP contribution is 2.35. The molecule has 1 atom stereocenters. The van der Waals surface area contributed by atoms with E-state index in [1.807, 2.05) is 39.1 Å². The van der Waals surface area contributed by atoms with Crippen molar-refractivity contribution in [1.29, 1.82) is 0 Å². The van der Waals surface area contributed by atoms with E-state index in [0.29, 0.717) is 48.8 Å². The topological polar surface area (TPSA) is 93.9 Å². The van der Waals surface area contributed by atoms with E-state index in [4.69, 9.17) is 9.47 Å². The number of fused-ring (bicyclic) bond motifs is 7. The first-order chi connectivity index (χ1) is 17.9. The lowest BCUT2D eigenvalue weighted by Crippen LogP contribution is -2.35. The number of carbonyl (C=O) groups excluding carboxylic acids is 1. The summed E-state index contributed by atoms with van der Waals surface area (Å²) in [6.07, 6.45) is 7.21. The van der Waals surface area contributed by atoms with E-state index in [1.54, 1.807) is 29.3 Å². The van der Waals surface area contributed by atoms with Gasteiger partial charge in [-0.2, -0.15) is 10.1 Å². The second kappa shape index (κ2) is 10.5. The molecule has 2 aliphatic rings. The van der Waals surface area contributed by atoms with Crippen molar-refractivity contribution in [3.8, 4) is 17.1 Å². The van der Waals surface area contributed by atoms with Gasteiger partial charge in [-0.25, -0.2) is 4.68 Å². The van der Waals surface area contributed by atoms with Gasteiger partial charge in [0.05, 0.1) is 48.3 Å². The molecule has 37 heavy (non-hydrogen) atoms. The van der Waals surface area contributed by atoms with E-state index < -0.39 is 0 Å². The van der Waals surface area contributed by atoms with Crippen molar-refractivity contribution in [3.05, 3.63) is 59.6 Å². The van der Waals surface area contributed by atoms with Crippen molar-refractivity contribution >= 4 is 29.3 Å². The zero-order valence-electron chi connectivity index (χ0n) is 21.7. The molecule has 3 aromatic rings. The minimum atomic E-state index is -0.336. The van der Waals surface area contributed by atoms with Crippen molar-refractivity contribution in [2.45, 2.75) is 33.6 Å². The zero-order chi connectivity index (χ0) is 25.9. The fourth-order valence-corrected chi connectivity index (χ4v) is 4.65. The molecule has 0 aliphatic carbocycles. The van der Waals surface area contributed by atoms with Crippen LogP contribution in [0.2, 0.25) is 0 Å². The average Bonchev–Trinajstić information content (AvgIpc) is 3.40. The van der Waals surface area contributed by atoms with E-state index in [9.17, 15) is 4.79 Å². The Morgan fingerprint density at radius 1 is 1.27 bits per heavy atom. The molecular formula is C28H32N6O3. The second-order valence-electron chi connectivity index (χ2n) is 9.48. The van der Waals surface area contributed by atoms with Gasteiger partial charge in [0.2, 0.25) is 11.8 Å². The predicted molar refractivity (Wildman–Crippen MR) is 145 cm³/mol. The molecule has 9 nitrogen and oxygen atoms in total. The molecule has 0 unspecified atom stereocenters. The number of rotatable bonds is 3. The molecular weight excluding hydrogens is 468 g/mol. The van der Waals surface area contributed by atoms with E-state index in [2.05, 4.69) is 38.3 Å². The van der Waals surface area contributed by atoms with Gasteiger partial charge in [-0.3, -0.25) is 9.78 Å². The number of anilines is 2. The van der Waals surface area contributed by atoms with Gasteiger partial charge < -0.3 is 19.7 Å². The highest BCUT2D eigenvalue weighted by atomic mass is 16.5. The fraction of sp³-hybridized carbons (Fsp3) is 0.357. The average molecular weight is 501 g/mol. The van der Waals surface area contributed by atoms with E-state index >= 15 is 0 Å². The molecule has 1 aromatic carbocycles. The highest BCUT2D eigenvalue weighted by molar-refractivity contribution is 6.19. The largest absolute Gasteiger partial charge is 0.501 e. The van der Waals surface area contributed by atoms with Crippen LogP contribution in [0.3, 0.4) is 0 Å². The summed E-state index contributed by atoms with van der Waals surface area (Å²) in [5, 5.41) is 7.73. The third kappa shape index (κ3) is 5.21. The van der Waals surface area contributed by atoms with Crippen molar-refractivity contribution in [1.82, 2.24) is 14.8 Å². The van der Waals surface area contributed by atoms with Gasteiger partial charge in [0, 0.05) is 24.8 Å². The molecule has 2 aliphatic heterocycles. The van der Waals surface area contributed by atoms with E-state index in [0.717, 1.165) is 41.0 Å². The number of aromatic nitrogens is 3. The summed E-state index contributed by atoms with van der Waals surface area (Å²) in [6, 6.07) is 9.63. The molecule has 2 bridgehead atoms. The third-order valence-corrected chi connectivity index (χ3v) is 6.48. The normalized spacial score (nSPS) is 19.0. The molecule has 0 saturated carbocycles. The number of amides is 1. The van der Waals surface area contributed by atoms with Gasteiger partial charge in [-0.1, -0.05) is 13.0 Å². The first kappa shape index (κ1) is 24.5. The van der Waals surface area contributed by atoms with Gasteiger partial charge in [0.15, 0.2) is 0 Å². The lowest BCUT2D eigenvalue weighted by atomic mass is 10.0. The van der Waals surface area contributed by atoms with Crippen LogP contribution < -0.4 is 15.0 Å². The van der Waals surface area contributed by atoms with Crippen LogP contribution in [-0.2, 0) is 11.8 Å². The number of hydrogen-bond donors (Lipinski definition) is 1. The Morgan fingerprint density at radius 2 is 2.14 bits per heavy atom. The molecule has 1 N–H and O–H groups in total. The number of guanidine groups is 1. The molecule has 5 rings (SSSR count). The van der Waals surface area contributed by atoms with Gasteiger partial charge in [0.25, 0.3) is 5.91 Å². The maximum absolute atomic E-state index is 13.4. The molecule has 0 fully saturated rings. The smallest absolute Gasteiger partial charge is 0.280 e. The van der Waals surface area contributed by atoms with Crippen LogP contribution in [0, 0.1) is 12.8 Å². The molecule has 9 heteroatoms. The number of aliphatic imine (C=N–C) groups is 1. The van der Waals surface area contributed by atoms with Crippen molar-refractivity contribution in [2.24, 2.45) is 18.0 Å². The fourth-order valence-electron chi connectivity index (χ4n) is 4.65. The van der Waals surface area contributed by atoms with Gasteiger partial charge in [0.1, 0.15) is 0 Å². The summed E-state index contributed by atoms with van der Waals surface area (Å²) in [7, 11) is 1.85. The number of nitrogens with zero attached hydrogens (tertiary/aromatic N) is 5. The standard InChI is InChI=1S/C28H32N6O3/c1-5-36-12-10-20-8-9-23-25(14-20)34-17-18(2)7-6-11-37-27-22(16-29-33(27)4)24-15-21(13-19(3)30-24)26(35)32-28(34)31-23/h8-10,12-16,18H,5-7,11,17H2,1-4H3,(H,31,32,35)/b12-10+/t18-/m1/s1. The molecule has 1 amide bonds. The van der Waals surface area contributed by atoms with Crippen LogP contribution in [-0.4, -0.2) is 46.4 Å². The number of ether oxygens (including phenoxy) is 2. The Balaban J connectivity index is 1.55. The molecule has 0 saturated heterocycles. The van der Waals surface area contributed by atoms with Crippen LogP contribution in [0.15, 0.2) is 47.8 Å². The molecule has 0 spiro atoms. The van der Waals surface area contributed by atoms with Gasteiger partial charge in [-0.05, 0) is 68.5 Å². The summed E-state index contributed by atoms with van der Waals surface area (Å²) in [5.41, 5.74) is 5.51. The SMILES string of the molecule is CCO/C=C/c1ccc2c(c1)N1C[C@H](C)CCCOc3c(cnn3C)-c3cc(cc(C)n3)C(=O)/N=C/1N2. The van der Waals surface area contributed by atoms with E-state index in [-0.39, 0.29) is 5.91 Å². The quantitative estimate of drug-likeness (QED) is 0.504. The second-order valence-corrected chi connectivity index (χ2v) is 9.48. The molecule has 0 radical (unpaired) electrons. The lowest BCUT2D eigenvalue weighted by Gasteiger charge is -2.23. The first-order valence-corrected chi connectivity index (χ1v) is 12.7. The molecule has 2 aromatic heterocycles. The Kier molecular flexibility index (Phi) is 6.94. The summed E-state index contributed by atoms with van der Waals surface area (Å²) < 4.78 is 13.2. The van der Waals surface area contributed by atoms with Crippen LogP contribution in [0.1, 0.15) is 48.3 Å². The Morgan fingerprint density at radius 3 is 2.97 bits per heavy atom. The van der Waals surface area contributed by atoms with Crippen LogP contribution >= 0.6 is 0 Å². The van der Waals surface area contributed by atoms with Crippen molar-refractivity contribution in [3.63, 3.8) is 0 Å². The third-order valence-electron chi connectivity index (χ3n) is 6.48. The molecule has 192 valence electrons. The van der Waals surface area contributed by atoms with Gasteiger partial charge in [-0.15, -0.1) is 0 Å². The van der Waals surface area contributed by atoms with Gasteiger partial charge >= 0.3 is 0 Å². The Labute approximate surface area is 216 Å².